The fourth-order valence-corrected chi connectivity index (χ4v) is 1.46. The summed E-state index contributed by atoms with van der Waals surface area (Å²) in [5, 5.41) is 0. The maximum atomic E-state index is 5.81. The van der Waals surface area contributed by atoms with Crippen molar-refractivity contribution in [1.29, 1.82) is 0 Å². The first kappa shape index (κ1) is 9.92. The van der Waals surface area contributed by atoms with Gasteiger partial charge in [-0.3, -0.25) is 0 Å². The molecule has 0 amide bonds. The van der Waals surface area contributed by atoms with Gasteiger partial charge in [0.15, 0.2) is 0 Å². The minimum atomic E-state index is -0.0384. The third-order valence-electron chi connectivity index (χ3n) is 2.19. The van der Waals surface area contributed by atoms with Gasteiger partial charge in [-0.2, -0.15) is 0 Å². The molecule has 0 saturated carbocycles. The second kappa shape index (κ2) is 3.86. The number of oxazole rings is 1. The molecule has 0 fully saturated rings. The summed E-state index contributed by atoms with van der Waals surface area (Å²) in [6.07, 6.45) is 5.20. The number of hydrogen-bond donors (Lipinski definition) is 1. The van der Waals surface area contributed by atoms with Gasteiger partial charge < -0.3 is 14.7 Å². The Morgan fingerprint density at radius 1 is 1.53 bits per heavy atom. The molecule has 1 atom stereocenters. The molecule has 0 radical (unpaired) electrons. The highest BCUT2D eigenvalue weighted by atomic mass is 16.4. The zero-order valence-electron chi connectivity index (χ0n) is 8.84. The lowest BCUT2D eigenvalue weighted by atomic mass is 10.3. The summed E-state index contributed by atoms with van der Waals surface area (Å²) in [7, 11) is 0. The van der Waals surface area contributed by atoms with Gasteiger partial charge in [-0.15, -0.1) is 0 Å². The number of aryl methyl sites for hydroxylation is 1. The van der Waals surface area contributed by atoms with Crippen LogP contribution in [0.4, 0.5) is 0 Å². The van der Waals surface area contributed by atoms with Gasteiger partial charge in [-0.05, 0) is 13.8 Å². The molecule has 0 aromatic carbocycles. The van der Waals surface area contributed by atoms with Crippen molar-refractivity contribution in [3.8, 4) is 0 Å². The van der Waals surface area contributed by atoms with Crippen LogP contribution in [0.25, 0.3) is 0 Å². The number of rotatable bonds is 3. The van der Waals surface area contributed by atoms with Crippen LogP contribution in [0.2, 0.25) is 0 Å². The van der Waals surface area contributed by atoms with Crippen molar-refractivity contribution < 1.29 is 4.42 Å². The number of nitrogens with zero attached hydrogens (tertiary/aromatic N) is 3. The number of hydrogen-bond acceptors (Lipinski definition) is 4. The Morgan fingerprint density at radius 3 is 2.93 bits per heavy atom. The summed E-state index contributed by atoms with van der Waals surface area (Å²) >= 11 is 0. The molecular weight excluding hydrogens is 192 g/mol. The van der Waals surface area contributed by atoms with Crippen LogP contribution in [-0.4, -0.2) is 14.5 Å². The molecule has 5 nitrogen and oxygen atoms in total. The predicted molar refractivity (Wildman–Crippen MR) is 55.2 cm³/mol. The van der Waals surface area contributed by atoms with Gasteiger partial charge in [-0.1, -0.05) is 0 Å². The van der Waals surface area contributed by atoms with E-state index in [0.717, 1.165) is 11.5 Å². The van der Waals surface area contributed by atoms with E-state index in [2.05, 4.69) is 9.97 Å². The molecule has 0 aliphatic heterocycles. The molecule has 80 valence electrons. The smallest absolute Gasteiger partial charge is 0.214 e. The summed E-state index contributed by atoms with van der Waals surface area (Å²) in [5.74, 6) is 1.49. The Bertz CT molecular complexity index is 444. The second-order valence-corrected chi connectivity index (χ2v) is 3.60. The molecule has 2 rings (SSSR count). The molecule has 0 unspecified atom stereocenters. The summed E-state index contributed by atoms with van der Waals surface area (Å²) in [5.41, 5.74) is 6.78. The van der Waals surface area contributed by atoms with Crippen molar-refractivity contribution in [3.63, 3.8) is 0 Å². The van der Waals surface area contributed by atoms with Gasteiger partial charge in [-0.25, -0.2) is 9.97 Å². The lowest BCUT2D eigenvalue weighted by molar-refractivity contribution is 0.452. The van der Waals surface area contributed by atoms with Gasteiger partial charge in [0.2, 0.25) is 5.89 Å². The molecule has 2 aromatic heterocycles. The summed E-state index contributed by atoms with van der Waals surface area (Å²) < 4.78 is 7.33. The van der Waals surface area contributed by atoms with E-state index in [1.165, 1.54) is 0 Å². The van der Waals surface area contributed by atoms with Gasteiger partial charge in [0.05, 0.1) is 18.2 Å². The van der Waals surface area contributed by atoms with E-state index in [9.17, 15) is 0 Å². The van der Waals surface area contributed by atoms with Crippen LogP contribution < -0.4 is 5.73 Å². The number of imidazole rings is 1. The van der Waals surface area contributed by atoms with Gasteiger partial charge in [0.25, 0.3) is 0 Å². The van der Waals surface area contributed by atoms with Crippen LogP contribution in [0.3, 0.4) is 0 Å². The Kier molecular flexibility index (Phi) is 2.55. The van der Waals surface area contributed by atoms with Crippen molar-refractivity contribution >= 4 is 0 Å². The first-order valence-electron chi connectivity index (χ1n) is 4.83. The third-order valence-corrected chi connectivity index (χ3v) is 2.19. The van der Waals surface area contributed by atoms with Gasteiger partial charge >= 0.3 is 0 Å². The minimum absolute atomic E-state index is 0.0384. The molecule has 0 aliphatic carbocycles. The quantitative estimate of drug-likeness (QED) is 0.820. The van der Waals surface area contributed by atoms with Crippen molar-refractivity contribution in [1.82, 2.24) is 14.5 Å². The molecule has 0 aliphatic rings. The molecule has 2 aromatic rings. The van der Waals surface area contributed by atoms with Crippen LogP contribution in [-0.2, 0) is 6.54 Å². The normalized spacial score (nSPS) is 13.0. The summed E-state index contributed by atoms with van der Waals surface area (Å²) in [6, 6.07) is -0.0384. The molecule has 0 bridgehead atoms. The van der Waals surface area contributed by atoms with Crippen LogP contribution in [0.15, 0.2) is 23.1 Å². The van der Waals surface area contributed by atoms with E-state index in [4.69, 9.17) is 10.2 Å². The molecule has 5 heteroatoms. The molecule has 2 N–H and O–H groups in total. The highest BCUT2D eigenvalue weighted by Crippen LogP contribution is 2.11. The van der Waals surface area contributed by atoms with Crippen LogP contribution in [0.5, 0.6) is 0 Å². The minimum Gasteiger partial charge on any atom is -0.444 e. The van der Waals surface area contributed by atoms with Crippen molar-refractivity contribution in [2.45, 2.75) is 26.4 Å². The van der Waals surface area contributed by atoms with E-state index >= 15 is 0 Å². The van der Waals surface area contributed by atoms with E-state index in [0.29, 0.717) is 12.4 Å². The fraction of sp³-hybridized carbons (Fsp3) is 0.400. The maximum absolute atomic E-state index is 5.81. The average Bonchev–Trinajstić information content (AvgIpc) is 2.75. The lowest BCUT2D eigenvalue weighted by Gasteiger charge is -2.08. The van der Waals surface area contributed by atoms with Crippen LogP contribution in [0, 0.1) is 6.92 Å². The summed E-state index contributed by atoms with van der Waals surface area (Å²) in [6.45, 7) is 4.37. The summed E-state index contributed by atoms with van der Waals surface area (Å²) in [4.78, 5) is 8.19. The van der Waals surface area contributed by atoms with E-state index < -0.39 is 0 Å². The van der Waals surface area contributed by atoms with E-state index in [1.54, 1.807) is 18.7 Å². The first-order valence-corrected chi connectivity index (χ1v) is 4.83. The highest BCUT2D eigenvalue weighted by Gasteiger charge is 2.09. The van der Waals surface area contributed by atoms with Crippen LogP contribution in [0.1, 0.15) is 30.3 Å². The van der Waals surface area contributed by atoms with Crippen molar-refractivity contribution in [2.24, 2.45) is 5.73 Å². The molecule has 2 heterocycles. The van der Waals surface area contributed by atoms with Gasteiger partial charge in [0, 0.05) is 12.2 Å². The predicted octanol–water partition coefficient (Wildman–Crippen LogP) is 1.25. The number of aromatic nitrogens is 3. The van der Waals surface area contributed by atoms with Crippen LogP contribution >= 0.6 is 0 Å². The van der Waals surface area contributed by atoms with E-state index in [-0.39, 0.29) is 6.04 Å². The standard InChI is InChI=1S/C10H14N4O/c1-7-3-13-10(15-7)5-14-6-12-4-9(14)8(2)11/h3-4,6,8H,5,11H2,1-2H3/t8-/m0/s1. The van der Waals surface area contributed by atoms with Crippen molar-refractivity contribution in [3.05, 3.63) is 36.1 Å². The molecule has 0 spiro atoms. The Balaban J connectivity index is 2.20. The highest BCUT2D eigenvalue weighted by molar-refractivity contribution is 5.05. The number of nitrogens with two attached hydrogens (primary N) is 1. The monoisotopic (exact) mass is 206 g/mol. The zero-order chi connectivity index (χ0) is 10.8. The topological polar surface area (TPSA) is 69.9 Å². The molecule has 15 heavy (non-hydrogen) atoms. The molecular formula is C10H14N4O. The Hall–Kier alpha value is -1.62. The van der Waals surface area contributed by atoms with Crippen molar-refractivity contribution in [2.75, 3.05) is 0 Å². The fourth-order valence-electron chi connectivity index (χ4n) is 1.46. The van der Waals surface area contributed by atoms with Gasteiger partial charge in [0.1, 0.15) is 12.3 Å². The average molecular weight is 206 g/mol. The first-order chi connectivity index (χ1) is 7.16. The van der Waals surface area contributed by atoms with E-state index in [1.807, 2.05) is 18.4 Å². The second-order valence-electron chi connectivity index (χ2n) is 3.60. The largest absolute Gasteiger partial charge is 0.444 e. The Labute approximate surface area is 87.9 Å². The SMILES string of the molecule is Cc1cnc(Cn2cncc2[C@H](C)N)o1. The third kappa shape index (κ3) is 2.07. The lowest BCUT2D eigenvalue weighted by Crippen LogP contribution is -2.12. The molecule has 0 saturated heterocycles. The zero-order valence-corrected chi connectivity index (χ0v) is 8.84. The maximum Gasteiger partial charge on any atom is 0.214 e. The Morgan fingerprint density at radius 2 is 2.33 bits per heavy atom.